The summed E-state index contributed by atoms with van der Waals surface area (Å²) in [5.41, 5.74) is 0.919. The number of hydrogen-bond acceptors (Lipinski definition) is 4. The highest BCUT2D eigenvalue weighted by atomic mass is 16.5. The zero-order valence-corrected chi connectivity index (χ0v) is 11.2. The maximum Gasteiger partial charge on any atom is 0.144 e. The van der Waals surface area contributed by atoms with E-state index in [0.717, 1.165) is 24.5 Å². The summed E-state index contributed by atoms with van der Waals surface area (Å²) < 4.78 is 5.87. The van der Waals surface area contributed by atoms with Gasteiger partial charge in [0.25, 0.3) is 0 Å². The Balaban J connectivity index is 1.75. The van der Waals surface area contributed by atoms with E-state index >= 15 is 0 Å². The SMILES string of the molecule is CCCNc1cnc(COC2CCCCC2)cn1. The van der Waals surface area contributed by atoms with E-state index in [0.29, 0.717) is 12.7 Å². The predicted octanol–water partition coefficient (Wildman–Crippen LogP) is 3.15. The van der Waals surface area contributed by atoms with Gasteiger partial charge in [0.1, 0.15) is 5.82 Å². The molecule has 1 aromatic heterocycles. The van der Waals surface area contributed by atoms with E-state index in [1.54, 1.807) is 12.4 Å². The second-order valence-electron chi connectivity index (χ2n) is 4.89. The maximum absolute atomic E-state index is 5.87. The van der Waals surface area contributed by atoms with E-state index in [1.807, 2.05) is 0 Å². The summed E-state index contributed by atoms with van der Waals surface area (Å²) in [6, 6.07) is 0. The van der Waals surface area contributed by atoms with E-state index < -0.39 is 0 Å². The molecule has 1 aliphatic carbocycles. The number of ether oxygens (including phenoxy) is 1. The zero-order valence-electron chi connectivity index (χ0n) is 11.2. The lowest BCUT2D eigenvalue weighted by molar-refractivity contribution is 0.0151. The van der Waals surface area contributed by atoms with Crippen LogP contribution in [0.3, 0.4) is 0 Å². The molecule has 0 unspecified atom stereocenters. The van der Waals surface area contributed by atoms with Crippen molar-refractivity contribution in [2.45, 2.75) is 58.2 Å². The van der Waals surface area contributed by atoms with Crippen LogP contribution in [0.25, 0.3) is 0 Å². The topological polar surface area (TPSA) is 47.0 Å². The Labute approximate surface area is 109 Å². The van der Waals surface area contributed by atoms with Gasteiger partial charge in [0.2, 0.25) is 0 Å². The first-order chi connectivity index (χ1) is 8.88. The molecule has 1 saturated carbocycles. The van der Waals surface area contributed by atoms with Crippen LogP contribution in [0.1, 0.15) is 51.1 Å². The summed E-state index contributed by atoms with van der Waals surface area (Å²) in [6.07, 6.45) is 11.5. The molecule has 0 spiro atoms. The molecule has 100 valence electrons. The Kier molecular flexibility index (Phi) is 5.39. The van der Waals surface area contributed by atoms with Gasteiger partial charge in [0.05, 0.1) is 30.8 Å². The van der Waals surface area contributed by atoms with Crippen molar-refractivity contribution in [2.75, 3.05) is 11.9 Å². The predicted molar refractivity (Wildman–Crippen MR) is 72.5 cm³/mol. The van der Waals surface area contributed by atoms with Crippen molar-refractivity contribution in [3.05, 3.63) is 18.1 Å². The molecule has 1 N–H and O–H groups in total. The fraction of sp³-hybridized carbons (Fsp3) is 0.714. The summed E-state index contributed by atoms with van der Waals surface area (Å²) >= 11 is 0. The molecule has 4 nitrogen and oxygen atoms in total. The smallest absolute Gasteiger partial charge is 0.144 e. The minimum Gasteiger partial charge on any atom is -0.372 e. The summed E-state index contributed by atoms with van der Waals surface area (Å²) in [5, 5.41) is 3.21. The van der Waals surface area contributed by atoms with Gasteiger partial charge in [0.15, 0.2) is 0 Å². The lowest BCUT2D eigenvalue weighted by Crippen LogP contribution is -2.16. The lowest BCUT2D eigenvalue weighted by atomic mass is 9.98. The Bertz CT molecular complexity index is 333. The quantitative estimate of drug-likeness (QED) is 0.841. The van der Waals surface area contributed by atoms with Crippen molar-refractivity contribution < 1.29 is 4.74 Å². The fourth-order valence-corrected chi connectivity index (χ4v) is 2.21. The molecule has 1 aromatic rings. The number of nitrogens with one attached hydrogen (secondary N) is 1. The van der Waals surface area contributed by atoms with Crippen LogP contribution < -0.4 is 5.32 Å². The van der Waals surface area contributed by atoms with Crippen molar-refractivity contribution in [2.24, 2.45) is 0 Å². The molecule has 0 radical (unpaired) electrons. The lowest BCUT2D eigenvalue weighted by Gasteiger charge is -2.21. The molecule has 0 bridgehead atoms. The molecule has 1 fully saturated rings. The van der Waals surface area contributed by atoms with Crippen LogP contribution >= 0.6 is 0 Å². The molecule has 0 saturated heterocycles. The molecular weight excluding hydrogens is 226 g/mol. The van der Waals surface area contributed by atoms with E-state index in [2.05, 4.69) is 22.2 Å². The van der Waals surface area contributed by atoms with Crippen molar-refractivity contribution >= 4 is 5.82 Å². The molecule has 2 rings (SSSR count). The average molecular weight is 249 g/mol. The highest BCUT2D eigenvalue weighted by Gasteiger charge is 2.13. The van der Waals surface area contributed by atoms with Crippen LogP contribution in [0, 0.1) is 0 Å². The van der Waals surface area contributed by atoms with Crippen LogP contribution in [0.15, 0.2) is 12.4 Å². The second kappa shape index (κ2) is 7.31. The van der Waals surface area contributed by atoms with E-state index in [1.165, 1.54) is 32.1 Å². The normalized spacial score (nSPS) is 16.7. The minimum absolute atomic E-state index is 0.429. The van der Waals surface area contributed by atoms with Gasteiger partial charge in [-0.3, -0.25) is 4.98 Å². The highest BCUT2D eigenvalue weighted by molar-refractivity contribution is 5.30. The van der Waals surface area contributed by atoms with Crippen LogP contribution in [0.4, 0.5) is 5.82 Å². The molecule has 0 amide bonds. The summed E-state index contributed by atoms with van der Waals surface area (Å²) in [7, 11) is 0. The maximum atomic E-state index is 5.87. The third-order valence-electron chi connectivity index (χ3n) is 3.28. The number of hydrogen-bond donors (Lipinski definition) is 1. The Morgan fingerprint density at radius 1 is 1.22 bits per heavy atom. The number of aromatic nitrogens is 2. The molecule has 0 aromatic carbocycles. The van der Waals surface area contributed by atoms with Crippen molar-refractivity contribution in [1.29, 1.82) is 0 Å². The Morgan fingerprint density at radius 3 is 2.72 bits per heavy atom. The third-order valence-corrected chi connectivity index (χ3v) is 3.28. The number of rotatable bonds is 6. The van der Waals surface area contributed by atoms with Crippen molar-refractivity contribution in [3.8, 4) is 0 Å². The average Bonchev–Trinajstić information content (AvgIpc) is 2.45. The number of anilines is 1. The van der Waals surface area contributed by atoms with E-state index in [9.17, 15) is 0 Å². The van der Waals surface area contributed by atoms with Gasteiger partial charge in [-0.15, -0.1) is 0 Å². The first kappa shape index (κ1) is 13.3. The summed E-state index contributed by atoms with van der Waals surface area (Å²) in [6.45, 7) is 3.66. The Morgan fingerprint density at radius 2 is 2.06 bits per heavy atom. The third kappa shape index (κ3) is 4.26. The van der Waals surface area contributed by atoms with Crippen molar-refractivity contribution in [3.63, 3.8) is 0 Å². The fourth-order valence-electron chi connectivity index (χ4n) is 2.21. The van der Waals surface area contributed by atoms with Gasteiger partial charge in [-0.1, -0.05) is 26.2 Å². The van der Waals surface area contributed by atoms with Gasteiger partial charge < -0.3 is 10.1 Å². The van der Waals surface area contributed by atoms with Gasteiger partial charge >= 0.3 is 0 Å². The van der Waals surface area contributed by atoms with Gasteiger partial charge in [-0.25, -0.2) is 4.98 Å². The van der Waals surface area contributed by atoms with Crippen LogP contribution in [0.2, 0.25) is 0 Å². The molecule has 0 atom stereocenters. The monoisotopic (exact) mass is 249 g/mol. The molecule has 18 heavy (non-hydrogen) atoms. The van der Waals surface area contributed by atoms with E-state index in [-0.39, 0.29) is 0 Å². The molecular formula is C14H23N3O. The van der Waals surface area contributed by atoms with Crippen molar-refractivity contribution in [1.82, 2.24) is 9.97 Å². The molecule has 1 aliphatic rings. The second-order valence-corrected chi connectivity index (χ2v) is 4.89. The van der Waals surface area contributed by atoms with Crippen LogP contribution in [0.5, 0.6) is 0 Å². The Hall–Kier alpha value is -1.16. The summed E-state index contributed by atoms with van der Waals surface area (Å²) in [4.78, 5) is 8.69. The van der Waals surface area contributed by atoms with Gasteiger partial charge in [0, 0.05) is 6.54 Å². The van der Waals surface area contributed by atoms with Gasteiger partial charge in [-0.05, 0) is 19.3 Å². The van der Waals surface area contributed by atoms with Gasteiger partial charge in [-0.2, -0.15) is 0 Å². The molecule has 1 heterocycles. The van der Waals surface area contributed by atoms with Crippen LogP contribution in [-0.4, -0.2) is 22.6 Å². The largest absolute Gasteiger partial charge is 0.372 e. The first-order valence-electron chi connectivity index (χ1n) is 7.05. The standard InChI is InChI=1S/C14H23N3O/c1-2-8-15-14-10-16-12(9-17-14)11-18-13-6-4-3-5-7-13/h9-10,13H,2-8,11H2,1H3,(H,15,17). The first-order valence-corrected chi connectivity index (χ1v) is 7.05. The summed E-state index contributed by atoms with van der Waals surface area (Å²) in [5.74, 6) is 0.846. The number of nitrogens with zero attached hydrogens (tertiary/aromatic N) is 2. The highest BCUT2D eigenvalue weighted by Crippen LogP contribution is 2.21. The minimum atomic E-state index is 0.429. The van der Waals surface area contributed by atoms with Crippen LogP contribution in [-0.2, 0) is 11.3 Å². The zero-order chi connectivity index (χ0) is 12.6. The van der Waals surface area contributed by atoms with E-state index in [4.69, 9.17) is 4.74 Å². The molecule has 0 aliphatic heterocycles. The molecule has 4 heteroatoms.